The molecule has 2 fully saturated rings. The van der Waals surface area contributed by atoms with Crippen LogP contribution in [-0.4, -0.2) is 24.7 Å². The van der Waals surface area contributed by atoms with Gasteiger partial charge in [-0.1, -0.05) is 6.07 Å². The average molecular weight is 324 g/mol. The summed E-state index contributed by atoms with van der Waals surface area (Å²) < 4.78 is 6.60. The molecule has 19 heavy (non-hydrogen) atoms. The predicted molar refractivity (Wildman–Crippen MR) is 77.2 cm³/mol. The number of hydrogen-bond acceptors (Lipinski definition) is 2. The van der Waals surface area contributed by atoms with Gasteiger partial charge in [0.1, 0.15) is 0 Å². The van der Waals surface area contributed by atoms with Gasteiger partial charge in [0, 0.05) is 11.1 Å². The van der Waals surface area contributed by atoms with Crippen LogP contribution in [0.3, 0.4) is 0 Å². The van der Waals surface area contributed by atoms with Crippen molar-refractivity contribution >= 4 is 21.8 Å². The fourth-order valence-corrected chi connectivity index (χ4v) is 3.38. The second-order valence-electron chi connectivity index (χ2n) is 5.52. The Morgan fingerprint density at radius 3 is 2.84 bits per heavy atom. The second-order valence-corrected chi connectivity index (χ2v) is 6.38. The van der Waals surface area contributed by atoms with Crippen molar-refractivity contribution in [1.82, 2.24) is 5.32 Å². The Morgan fingerprint density at radius 1 is 1.37 bits per heavy atom. The third-order valence-electron chi connectivity index (χ3n) is 3.91. The first-order valence-electron chi connectivity index (χ1n) is 6.84. The van der Waals surface area contributed by atoms with Crippen LogP contribution in [0.15, 0.2) is 22.7 Å². The first kappa shape index (κ1) is 13.1. The summed E-state index contributed by atoms with van der Waals surface area (Å²) in [6.45, 7) is 2.78. The zero-order valence-corrected chi connectivity index (χ0v) is 12.6. The van der Waals surface area contributed by atoms with E-state index in [-0.39, 0.29) is 18.1 Å². The zero-order chi connectivity index (χ0) is 13.4. The molecule has 1 aliphatic carbocycles. The van der Waals surface area contributed by atoms with E-state index in [2.05, 4.69) is 21.2 Å². The SMILES string of the molecule is Cc1ccc(C(=O)NC2CCOC2C2CC2)c(Br)c1. The van der Waals surface area contributed by atoms with Crippen molar-refractivity contribution in [2.24, 2.45) is 5.92 Å². The number of benzene rings is 1. The Morgan fingerprint density at radius 2 is 2.16 bits per heavy atom. The summed E-state index contributed by atoms with van der Waals surface area (Å²) in [5.74, 6) is 0.655. The number of aryl methyl sites for hydroxylation is 1. The standard InChI is InChI=1S/C15H18BrNO2/c1-9-2-5-11(12(16)8-9)15(18)17-13-6-7-19-14(13)10-3-4-10/h2,5,8,10,13-14H,3-4,6-7H2,1H3,(H,17,18). The molecule has 102 valence electrons. The van der Waals surface area contributed by atoms with Crippen molar-refractivity contribution in [3.05, 3.63) is 33.8 Å². The summed E-state index contributed by atoms with van der Waals surface area (Å²) in [5, 5.41) is 3.13. The van der Waals surface area contributed by atoms with Crippen LogP contribution >= 0.6 is 15.9 Å². The number of carbonyl (C=O) groups excluding carboxylic acids is 1. The van der Waals surface area contributed by atoms with E-state index in [4.69, 9.17) is 4.74 Å². The van der Waals surface area contributed by atoms with Crippen LogP contribution in [0.25, 0.3) is 0 Å². The number of amides is 1. The van der Waals surface area contributed by atoms with Crippen molar-refractivity contribution in [2.75, 3.05) is 6.61 Å². The van der Waals surface area contributed by atoms with Gasteiger partial charge in [-0.05, 0) is 65.7 Å². The molecule has 1 aromatic rings. The van der Waals surface area contributed by atoms with Gasteiger partial charge >= 0.3 is 0 Å². The summed E-state index contributed by atoms with van der Waals surface area (Å²) in [6, 6.07) is 5.98. The lowest BCUT2D eigenvalue weighted by Crippen LogP contribution is -2.41. The fraction of sp³-hybridized carbons (Fsp3) is 0.533. The lowest BCUT2D eigenvalue weighted by atomic mass is 10.1. The fourth-order valence-electron chi connectivity index (χ4n) is 2.71. The Bertz CT molecular complexity index is 499. The van der Waals surface area contributed by atoms with Crippen LogP contribution in [0.5, 0.6) is 0 Å². The molecule has 1 saturated heterocycles. The van der Waals surface area contributed by atoms with Gasteiger partial charge in [-0.2, -0.15) is 0 Å². The maximum Gasteiger partial charge on any atom is 0.252 e. The normalized spacial score (nSPS) is 26.4. The lowest BCUT2D eigenvalue weighted by Gasteiger charge is -2.19. The van der Waals surface area contributed by atoms with Crippen LogP contribution in [0.4, 0.5) is 0 Å². The predicted octanol–water partition coefficient (Wildman–Crippen LogP) is 3.05. The highest BCUT2D eigenvalue weighted by molar-refractivity contribution is 9.10. The molecule has 1 aliphatic heterocycles. The summed E-state index contributed by atoms with van der Waals surface area (Å²) in [7, 11) is 0. The van der Waals surface area contributed by atoms with E-state index in [0.29, 0.717) is 11.5 Å². The average Bonchev–Trinajstić information content (AvgIpc) is 3.10. The molecule has 3 rings (SSSR count). The van der Waals surface area contributed by atoms with Crippen molar-refractivity contribution in [3.8, 4) is 0 Å². The molecule has 0 spiro atoms. The molecule has 0 aromatic heterocycles. The third kappa shape index (κ3) is 2.84. The lowest BCUT2D eigenvalue weighted by molar-refractivity contribution is 0.0729. The highest BCUT2D eigenvalue weighted by Gasteiger charge is 2.41. The third-order valence-corrected chi connectivity index (χ3v) is 4.56. The molecule has 0 radical (unpaired) electrons. The topological polar surface area (TPSA) is 38.3 Å². The van der Waals surface area contributed by atoms with Gasteiger partial charge in [0.2, 0.25) is 0 Å². The van der Waals surface area contributed by atoms with Crippen LogP contribution in [0.1, 0.15) is 35.2 Å². The summed E-state index contributed by atoms with van der Waals surface area (Å²) in [5.41, 5.74) is 1.84. The molecule has 2 aliphatic rings. The molecule has 1 amide bonds. The smallest absolute Gasteiger partial charge is 0.252 e. The van der Waals surface area contributed by atoms with Gasteiger partial charge in [-0.3, -0.25) is 4.79 Å². The summed E-state index contributed by atoms with van der Waals surface area (Å²) in [6.07, 6.45) is 3.64. The number of hydrogen-bond donors (Lipinski definition) is 1. The maximum absolute atomic E-state index is 12.3. The minimum Gasteiger partial charge on any atom is -0.376 e. The number of rotatable bonds is 3. The molecule has 2 atom stereocenters. The number of nitrogens with one attached hydrogen (secondary N) is 1. The molecule has 3 nitrogen and oxygen atoms in total. The molecule has 1 heterocycles. The first-order valence-corrected chi connectivity index (χ1v) is 7.63. The minimum absolute atomic E-state index is 0.00646. The Balaban J connectivity index is 1.70. The molecule has 1 N–H and O–H groups in total. The Kier molecular flexibility index (Phi) is 3.63. The van der Waals surface area contributed by atoms with Crippen molar-refractivity contribution < 1.29 is 9.53 Å². The monoisotopic (exact) mass is 323 g/mol. The van der Waals surface area contributed by atoms with Crippen LogP contribution in [0.2, 0.25) is 0 Å². The van der Waals surface area contributed by atoms with Crippen molar-refractivity contribution in [3.63, 3.8) is 0 Å². The van der Waals surface area contributed by atoms with E-state index in [9.17, 15) is 4.79 Å². The Labute approximate surface area is 121 Å². The summed E-state index contributed by atoms with van der Waals surface area (Å²) in [4.78, 5) is 12.3. The molecule has 1 saturated carbocycles. The van der Waals surface area contributed by atoms with Crippen LogP contribution in [0, 0.1) is 12.8 Å². The number of halogens is 1. The van der Waals surface area contributed by atoms with E-state index < -0.39 is 0 Å². The molecule has 4 heteroatoms. The van der Waals surface area contributed by atoms with Gasteiger partial charge in [0.25, 0.3) is 5.91 Å². The molecule has 1 aromatic carbocycles. The van der Waals surface area contributed by atoms with Crippen molar-refractivity contribution in [1.29, 1.82) is 0 Å². The minimum atomic E-state index is -0.00646. The van der Waals surface area contributed by atoms with Gasteiger partial charge in [0.05, 0.1) is 17.7 Å². The summed E-state index contributed by atoms with van der Waals surface area (Å²) >= 11 is 3.46. The second kappa shape index (κ2) is 5.25. The molecule has 0 bridgehead atoms. The molecular weight excluding hydrogens is 306 g/mol. The number of carbonyl (C=O) groups is 1. The van der Waals surface area contributed by atoms with Gasteiger partial charge in [-0.15, -0.1) is 0 Å². The highest BCUT2D eigenvalue weighted by Crippen LogP contribution is 2.38. The van der Waals surface area contributed by atoms with E-state index in [1.165, 1.54) is 12.8 Å². The van der Waals surface area contributed by atoms with Gasteiger partial charge in [-0.25, -0.2) is 0 Å². The highest BCUT2D eigenvalue weighted by atomic mass is 79.9. The van der Waals surface area contributed by atoms with E-state index >= 15 is 0 Å². The maximum atomic E-state index is 12.3. The van der Waals surface area contributed by atoms with E-state index in [1.807, 2.05) is 25.1 Å². The van der Waals surface area contributed by atoms with Crippen LogP contribution < -0.4 is 5.32 Å². The van der Waals surface area contributed by atoms with E-state index in [1.54, 1.807) is 0 Å². The zero-order valence-electron chi connectivity index (χ0n) is 11.0. The quantitative estimate of drug-likeness (QED) is 0.928. The van der Waals surface area contributed by atoms with Crippen LogP contribution in [-0.2, 0) is 4.74 Å². The first-order chi connectivity index (χ1) is 9.15. The Hall–Kier alpha value is -0.870. The van der Waals surface area contributed by atoms with Gasteiger partial charge < -0.3 is 10.1 Å². The van der Waals surface area contributed by atoms with E-state index in [0.717, 1.165) is 23.1 Å². The molecule has 2 unspecified atom stereocenters. The van der Waals surface area contributed by atoms with Crippen molar-refractivity contribution in [2.45, 2.75) is 38.3 Å². The molecular formula is C15H18BrNO2. The number of ether oxygens (including phenoxy) is 1. The van der Waals surface area contributed by atoms with Gasteiger partial charge in [0.15, 0.2) is 0 Å². The largest absolute Gasteiger partial charge is 0.376 e.